The fourth-order valence-corrected chi connectivity index (χ4v) is 4.50. The Labute approximate surface area is 176 Å². The number of imide groups is 1. The molecule has 8 nitrogen and oxygen atoms in total. The number of para-hydroxylation sites is 1. The van der Waals surface area contributed by atoms with Crippen molar-refractivity contribution in [3.05, 3.63) is 72.6 Å². The molecule has 0 bridgehead atoms. The number of hydrogen-bond donors (Lipinski definition) is 2. The molecule has 152 valence electrons. The van der Waals surface area contributed by atoms with Gasteiger partial charge in [-0.15, -0.1) is 0 Å². The maximum atomic E-state index is 12.6. The normalized spacial score (nSPS) is 11.4. The molecule has 0 saturated heterocycles. The second-order valence-corrected chi connectivity index (χ2v) is 9.48. The van der Waals surface area contributed by atoms with Gasteiger partial charge in [-0.3, -0.25) is 15.4 Å². The van der Waals surface area contributed by atoms with Crippen molar-refractivity contribution in [1.29, 1.82) is 0 Å². The zero-order chi connectivity index (χ0) is 21.3. The molecule has 0 fully saturated rings. The predicted octanol–water partition coefficient (Wildman–Crippen LogP) is 3.45. The molecule has 0 spiro atoms. The van der Waals surface area contributed by atoms with Crippen LogP contribution >= 0.6 is 11.3 Å². The molecule has 2 aromatic carbocycles. The van der Waals surface area contributed by atoms with Crippen molar-refractivity contribution in [3.63, 3.8) is 0 Å². The van der Waals surface area contributed by atoms with Crippen LogP contribution in [0.25, 0.3) is 15.9 Å². The van der Waals surface area contributed by atoms with Gasteiger partial charge in [-0.05, 0) is 42.5 Å². The van der Waals surface area contributed by atoms with Gasteiger partial charge >= 0.3 is 6.03 Å². The lowest BCUT2D eigenvalue weighted by Crippen LogP contribution is -2.34. The number of rotatable bonds is 4. The third-order valence-corrected chi connectivity index (χ3v) is 6.31. The summed E-state index contributed by atoms with van der Waals surface area (Å²) >= 11 is 1.12. The minimum Gasteiger partial charge on any atom is -0.323 e. The smallest absolute Gasteiger partial charge is 0.323 e. The van der Waals surface area contributed by atoms with Gasteiger partial charge in [0, 0.05) is 18.6 Å². The standard InChI is InChI=1S/C20H16N4O4S2/c1-30(27,28)13-8-9-15-17(12-13)29-20(21-15)23-19(26)22-18(25)14-6-2-3-7-16(14)24-10-4-5-11-24/h2-12H,1H3,(H2,21,22,23,25,26). The van der Waals surface area contributed by atoms with Crippen LogP contribution in [0.15, 0.2) is 71.9 Å². The number of sulfone groups is 1. The summed E-state index contributed by atoms with van der Waals surface area (Å²) in [6.07, 6.45) is 4.73. The van der Waals surface area contributed by atoms with E-state index in [0.29, 0.717) is 21.5 Å². The Morgan fingerprint density at radius 3 is 2.50 bits per heavy atom. The van der Waals surface area contributed by atoms with Crippen molar-refractivity contribution in [1.82, 2.24) is 14.9 Å². The number of benzene rings is 2. The number of carbonyl (C=O) groups is 2. The Bertz CT molecular complexity index is 1360. The van der Waals surface area contributed by atoms with E-state index in [9.17, 15) is 18.0 Å². The summed E-state index contributed by atoms with van der Waals surface area (Å²) in [5, 5.41) is 5.07. The molecular formula is C20H16N4O4S2. The third-order valence-electron chi connectivity index (χ3n) is 4.27. The Hall–Kier alpha value is -3.50. The van der Waals surface area contributed by atoms with Crippen LogP contribution < -0.4 is 10.6 Å². The summed E-state index contributed by atoms with van der Waals surface area (Å²) in [5.41, 5.74) is 1.53. The fourth-order valence-electron chi connectivity index (χ4n) is 2.87. The van der Waals surface area contributed by atoms with E-state index in [1.165, 1.54) is 12.1 Å². The number of aromatic nitrogens is 2. The van der Waals surface area contributed by atoms with Gasteiger partial charge < -0.3 is 4.57 Å². The van der Waals surface area contributed by atoms with E-state index in [-0.39, 0.29) is 10.0 Å². The second kappa shape index (κ2) is 7.73. The van der Waals surface area contributed by atoms with Crippen molar-refractivity contribution in [2.24, 2.45) is 0 Å². The van der Waals surface area contributed by atoms with Crippen molar-refractivity contribution >= 4 is 48.5 Å². The highest BCUT2D eigenvalue weighted by atomic mass is 32.2. The summed E-state index contributed by atoms with van der Waals surface area (Å²) < 4.78 is 25.8. The molecule has 2 heterocycles. The van der Waals surface area contributed by atoms with Crippen LogP contribution in [0.2, 0.25) is 0 Å². The molecule has 10 heteroatoms. The van der Waals surface area contributed by atoms with Gasteiger partial charge in [0.1, 0.15) is 0 Å². The number of amides is 3. The number of nitrogens with zero attached hydrogens (tertiary/aromatic N) is 2. The van der Waals surface area contributed by atoms with Crippen LogP contribution in [0.1, 0.15) is 10.4 Å². The van der Waals surface area contributed by atoms with Crippen LogP contribution in [-0.4, -0.2) is 36.2 Å². The van der Waals surface area contributed by atoms with Crippen molar-refractivity contribution in [3.8, 4) is 5.69 Å². The molecule has 30 heavy (non-hydrogen) atoms. The molecule has 4 rings (SSSR count). The molecule has 0 aliphatic heterocycles. The molecule has 0 saturated carbocycles. The quantitative estimate of drug-likeness (QED) is 0.505. The van der Waals surface area contributed by atoms with Gasteiger partial charge in [0.2, 0.25) is 0 Å². The maximum absolute atomic E-state index is 12.6. The zero-order valence-corrected chi connectivity index (χ0v) is 17.3. The third kappa shape index (κ3) is 4.09. The number of hydrogen-bond acceptors (Lipinski definition) is 6. The lowest BCUT2D eigenvalue weighted by atomic mass is 10.1. The van der Waals surface area contributed by atoms with Gasteiger partial charge in [0.15, 0.2) is 15.0 Å². The topological polar surface area (TPSA) is 110 Å². The Morgan fingerprint density at radius 2 is 1.77 bits per heavy atom. The van der Waals surface area contributed by atoms with Crippen molar-refractivity contribution < 1.29 is 18.0 Å². The number of nitrogens with one attached hydrogen (secondary N) is 2. The molecule has 4 aromatic rings. The number of anilines is 1. The van der Waals surface area contributed by atoms with E-state index < -0.39 is 21.8 Å². The number of fused-ring (bicyclic) bond motifs is 1. The summed E-state index contributed by atoms with van der Waals surface area (Å²) in [6, 6.07) is 14.4. The van der Waals surface area contributed by atoms with Crippen molar-refractivity contribution in [2.45, 2.75) is 4.90 Å². The average Bonchev–Trinajstić information content (AvgIpc) is 3.36. The fraction of sp³-hybridized carbons (Fsp3) is 0.0500. The van der Waals surface area contributed by atoms with Gasteiger partial charge in [-0.25, -0.2) is 18.2 Å². The molecule has 0 aliphatic rings. The molecular weight excluding hydrogens is 424 g/mol. The van der Waals surface area contributed by atoms with Crippen molar-refractivity contribution in [2.75, 3.05) is 11.6 Å². The number of carbonyl (C=O) groups excluding carboxylic acids is 2. The van der Waals surface area contributed by atoms with E-state index in [1.807, 2.05) is 12.1 Å². The largest absolute Gasteiger partial charge is 0.327 e. The maximum Gasteiger partial charge on any atom is 0.327 e. The van der Waals surface area contributed by atoms with Crippen LogP contribution in [0.4, 0.5) is 9.93 Å². The van der Waals surface area contributed by atoms with Gasteiger partial charge in [0.25, 0.3) is 5.91 Å². The summed E-state index contributed by atoms with van der Waals surface area (Å²) in [6.45, 7) is 0. The molecule has 0 radical (unpaired) electrons. The predicted molar refractivity (Wildman–Crippen MR) is 115 cm³/mol. The molecule has 3 amide bonds. The summed E-state index contributed by atoms with van der Waals surface area (Å²) in [5.74, 6) is -0.558. The highest BCUT2D eigenvalue weighted by Gasteiger charge is 2.17. The minimum atomic E-state index is -3.34. The summed E-state index contributed by atoms with van der Waals surface area (Å²) in [4.78, 5) is 29.4. The average molecular weight is 441 g/mol. The Kier molecular flexibility index (Phi) is 5.10. The SMILES string of the molecule is CS(=O)(=O)c1ccc2nc(NC(=O)NC(=O)c3ccccc3-n3cccc3)sc2c1. The highest BCUT2D eigenvalue weighted by Crippen LogP contribution is 2.28. The number of thiazole rings is 1. The highest BCUT2D eigenvalue weighted by molar-refractivity contribution is 7.90. The first-order chi connectivity index (χ1) is 14.3. The van der Waals surface area contributed by atoms with E-state index in [0.717, 1.165) is 17.6 Å². The van der Waals surface area contributed by atoms with Gasteiger partial charge in [-0.1, -0.05) is 23.5 Å². The lowest BCUT2D eigenvalue weighted by Gasteiger charge is -2.10. The first-order valence-corrected chi connectivity index (χ1v) is 11.5. The van der Waals surface area contributed by atoms with E-state index in [2.05, 4.69) is 15.6 Å². The summed E-state index contributed by atoms with van der Waals surface area (Å²) in [7, 11) is -3.34. The molecule has 2 N–H and O–H groups in total. The van der Waals surface area contributed by atoms with Crippen LogP contribution in [0.5, 0.6) is 0 Å². The minimum absolute atomic E-state index is 0.173. The molecule has 0 atom stereocenters. The zero-order valence-electron chi connectivity index (χ0n) is 15.7. The monoisotopic (exact) mass is 440 g/mol. The first-order valence-electron chi connectivity index (χ1n) is 8.76. The molecule has 0 aliphatic carbocycles. The van der Waals surface area contributed by atoms with Crippen LogP contribution in [-0.2, 0) is 9.84 Å². The van der Waals surface area contributed by atoms with E-state index in [1.54, 1.807) is 47.3 Å². The first kappa shape index (κ1) is 19.8. The lowest BCUT2D eigenvalue weighted by molar-refractivity contribution is 0.0967. The molecule has 0 unspecified atom stereocenters. The van der Waals surface area contributed by atoms with Gasteiger partial charge in [-0.2, -0.15) is 0 Å². The number of urea groups is 1. The Morgan fingerprint density at radius 1 is 1.03 bits per heavy atom. The van der Waals surface area contributed by atoms with E-state index in [4.69, 9.17) is 0 Å². The Balaban J connectivity index is 1.51. The second-order valence-electron chi connectivity index (χ2n) is 6.44. The van der Waals surface area contributed by atoms with Crippen LogP contribution in [0, 0.1) is 0 Å². The van der Waals surface area contributed by atoms with Gasteiger partial charge in [0.05, 0.1) is 26.4 Å². The van der Waals surface area contributed by atoms with Crippen LogP contribution in [0.3, 0.4) is 0 Å². The molecule has 2 aromatic heterocycles. The van der Waals surface area contributed by atoms with E-state index >= 15 is 0 Å².